The molecule has 0 aromatic carbocycles. The Bertz CT molecular complexity index is 202. The molecule has 17 heavy (non-hydrogen) atoms. The minimum Gasteiger partial charge on any atom is -0.392 e. The van der Waals surface area contributed by atoms with Crippen LogP contribution in [0.4, 0.5) is 0 Å². The van der Waals surface area contributed by atoms with Gasteiger partial charge in [0.15, 0.2) is 0 Å². The molecule has 0 aliphatic heterocycles. The summed E-state index contributed by atoms with van der Waals surface area (Å²) in [5.74, 6) is 0.551. The summed E-state index contributed by atoms with van der Waals surface area (Å²) in [7, 11) is 4.22. The van der Waals surface area contributed by atoms with E-state index in [1.165, 1.54) is 25.7 Å². The van der Waals surface area contributed by atoms with E-state index in [2.05, 4.69) is 37.7 Å². The Kier molecular flexibility index (Phi) is 6.45. The molecule has 2 atom stereocenters. The van der Waals surface area contributed by atoms with Gasteiger partial charge in [0.25, 0.3) is 0 Å². The van der Waals surface area contributed by atoms with Crippen molar-refractivity contribution in [1.82, 2.24) is 9.80 Å². The van der Waals surface area contributed by atoms with E-state index in [0.717, 1.165) is 19.6 Å². The van der Waals surface area contributed by atoms with Crippen LogP contribution in [-0.2, 0) is 0 Å². The van der Waals surface area contributed by atoms with Gasteiger partial charge in [-0.3, -0.25) is 4.90 Å². The summed E-state index contributed by atoms with van der Waals surface area (Å²) in [5.41, 5.74) is 0. The summed E-state index contributed by atoms with van der Waals surface area (Å²) in [6.45, 7) is 7.37. The highest BCUT2D eigenvalue weighted by Crippen LogP contribution is 2.28. The summed E-state index contributed by atoms with van der Waals surface area (Å²) in [4.78, 5) is 4.62. The van der Waals surface area contributed by atoms with Crippen LogP contribution in [0.2, 0.25) is 0 Å². The SMILES string of the molecule is CCN(CC(O)C1CCCC1)C(C)CN(C)C. The lowest BCUT2D eigenvalue weighted by Crippen LogP contribution is -2.45. The molecule has 3 heteroatoms. The molecule has 1 rings (SSSR count). The average Bonchev–Trinajstić information content (AvgIpc) is 2.77. The lowest BCUT2D eigenvalue weighted by atomic mass is 10.00. The molecule has 0 heterocycles. The van der Waals surface area contributed by atoms with Gasteiger partial charge in [-0.2, -0.15) is 0 Å². The molecular weight excluding hydrogens is 212 g/mol. The van der Waals surface area contributed by atoms with Gasteiger partial charge in [0, 0.05) is 19.1 Å². The van der Waals surface area contributed by atoms with E-state index < -0.39 is 0 Å². The second-order valence-electron chi connectivity index (χ2n) is 5.81. The average molecular weight is 242 g/mol. The predicted octanol–water partition coefficient (Wildman–Crippen LogP) is 1.81. The zero-order valence-corrected chi connectivity index (χ0v) is 12.0. The molecule has 0 aromatic heterocycles. The Morgan fingerprint density at radius 3 is 2.24 bits per heavy atom. The largest absolute Gasteiger partial charge is 0.392 e. The van der Waals surface area contributed by atoms with Crippen LogP contribution in [0.5, 0.6) is 0 Å². The van der Waals surface area contributed by atoms with Crippen LogP contribution in [0, 0.1) is 5.92 Å². The lowest BCUT2D eigenvalue weighted by molar-refractivity contribution is 0.0487. The van der Waals surface area contributed by atoms with Gasteiger partial charge in [-0.05, 0) is 46.3 Å². The zero-order chi connectivity index (χ0) is 12.8. The van der Waals surface area contributed by atoms with E-state index in [9.17, 15) is 5.11 Å². The summed E-state index contributed by atoms with van der Waals surface area (Å²) in [6.07, 6.45) is 4.94. The first-order valence-electron chi connectivity index (χ1n) is 7.11. The highest BCUT2D eigenvalue weighted by Gasteiger charge is 2.26. The fourth-order valence-electron chi connectivity index (χ4n) is 3.00. The number of rotatable bonds is 7. The van der Waals surface area contributed by atoms with Crippen molar-refractivity contribution in [1.29, 1.82) is 0 Å². The van der Waals surface area contributed by atoms with E-state index in [0.29, 0.717) is 12.0 Å². The fraction of sp³-hybridized carbons (Fsp3) is 1.00. The van der Waals surface area contributed by atoms with Crippen molar-refractivity contribution in [3.05, 3.63) is 0 Å². The molecule has 1 N–H and O–H groups in total. The molecule has 0 bridgehead atoms. The topological polar surface area (TPSA) is 26.7 Å². The fourth-order valence-corrected chi connectivity index (χ4v) is 3.00. The maximum absolute atomic E-state index is 10.3. The summed E-state index contributed by atoms with van der Waals surface area (Å²) < 4.78 is 0. The molecule has 0 aromatic rings. The van der Waals surface area contributed by atoms with E-state index >= 15 is 0 Å². The van der Waals surface area contributed by atoms with Gasteiger partial charge < -0.3 is 10.0 Å². The van der Waals surface area contributed by atoms with Crippen LogP contribution in [0.15, 0.2) is 0 Å². The predicted molar refractivity (Wildman–Crippen MR) is 73.2 cm³/mol. The van der Waals surface area contributed by atoms with E-state index in [1.807, 2.05) is 0 Å². The van der Waals surface area contributed by atoms with E-state index in [-0.39, 0.29) is 6.10 Å². The Hall–Kier alpha value is -0.120. The van der Waals surface area contributed by atoms with Crippen molar-refractivity contribution < 1.29 is 5.11 Å². The molecule has 3 nitrogen and oxygen atoms in total. The van der Waals surface area contributed by atoms with E-state index in [1.54, 1.807) is 0 Å². The smallest absolute Gasteiger partial charge is 0.0695 e. The van der Waals surface area contributed by atoms with Gasteiger partial charge in [-0.15, -0.1) is 0 Å². The van der Waals surface area contributed by atoms with Gasteiger partial charge in [0.05, 0.1) is 6.10 Å². The second kappa shape index (κ2) is 7.34. The van der Waals surface area contributed by atoms with Crippen molar-refractivity contribution in [2.24, 2.45) is 5.92 Å². The van der Waals surface area contributed by atoms with Crippen molar-refractivity contribution >= 4 is 0 Å². The van der Waals surface area contributed by atoms with E-state index in [4.69, 9.17) is 0 Å². The maximum Gasteiger partial charge on any atom is 0.0695 e. The number of hydrogen-bond acceptors (Lipinski definition) is 3. The van der Waals surface area contributed by atoms with Gasteiger partial charge >= 0.3 is 0 Å². The number of aliphatic hydroxyl groups excluding tert-OH is 1. The third kappa shape index (κ3) is 4.94. The van der Waals surface area contributed by atoms with Crippen LogP contribution in [0.25, 0.3) is 0 Å². The zero-order valence-electron chi connectivity index (χ0n) is 12.0. The Morgan fingerprint density at radius 1 is 1.18 bits per heavy atom. The first-order valence-corrected chi connectivity index (χ1v) is 7.11. The molecule has 102 valence electrons. The third-order valence-corrected chi connectivity index (χ3v) is 4.02. The van der Waals surface area contributed by atoms with Crippen LogP contribution in [0.3, 0.4) is 0 Å². The summed E-state index contributed by atoms with van der Waals surface area (Å²) >= 11 is 0. The van der Waals surface area contributed by atoms with Gasteiger partial charge in [-0.25, -0.2) is 0 Å². The molecule has 1 saturated carbocycles. The lowest BCUT2D eigenvalue weighted by Gasteiger charge is -2.33. The van der Waals surface area contributed by atoms with Crippen molar-refractivity contribution in [3.8, 4) is 0 Å². The Morgan fingerprint density at radius 2 is 1.76 bits per heavy atom. The monoisotopic (exact) mass is 242 g/mol. The number of nitrogens with zero attached hydrogens (tertiary/aromatic N) is 2. The number of aliphatic hydroxyl groups is 1. The molecule has 0 spiro atoms. The Balaban J connectivity index is 2.39. The highest BCUT2D eigenvalue weighted by atomic mass is 16.3. The second-order valence-corrected chi connectivity index (χ2v) is 5.81. The summed E-state index contributed by atoms with van der Waals surface area (Å²) in [5, 5.41) is 10.3. The van der Waals surface area contributed by atoms with Crippen LogP contribution in [-0.4, -0.2) is 60.8 Å². The van der Waals surface area contributed by atoms with Gasteiger partial charge in [-0.1, -0.05) is 19.8 Å². The molecule has 0 saturated heterocycles. The normalized spacial score (nSPS) is 21.4. The van der Waals surface area contributed by atoms with Crippen LogP contribution >= 0.6 is 0 Å². The van der Waals surface area contributed by atoms with Crippen LogP contribution < -0.4 is 0 Å². The van der Waals surface area contributed by atoms with Crippen molar-refractivity contribution in [3.63, 3.8) is 0 Å². The quantitative estimate of drug-likeness (QED) is 0.737. The third-order valence-electron chi connectivity index (χ3n) is 4.02. The molecule has 1 aliphatic carbocycles. The first kappa shape index (κ1) is 14.9. The number of hydrogen-bond donors (Lipinski definition) is 1. The van der Waals surface area contributed by atoms with Gasteiger partial charge in [0.1, 0.15) is 0 Å². The molecule has 0 radical (unpaired) electrons. The van der Waals surface area contributed by atoms with Crippen molar-refractivity contribution in [2.75, 3.05) is 33.7 Å². The standard InChI is InChI=1S/C14H30N2O/c1-5-16(12(2)10-15(3)4)11-14(17)13-8-6-7-9-13/h12-14,17H,5-11H2,1-4H3. The minimum absolute atomic E-state index is 0.123. The molecule has 0 amide bonds. The van der Waals surface area contributed by atoms with Crippen molar-refractivity contribution in [2.45, 2.75) is 51.7 Å². The molecule has 1 aliphatic rings. The maximum atomic E-state index is 10.3. The first-order chi connectivity index (χ1) is 8.04. The highest BCUT2D eigenvalue weighted by molar-refractivity contribution is 4.79. The molecular formula is C14H30N2O. The van der Waals surface area contributed by atoms with Crippen LogP contribution in [0.1, 0.15) is 39.5 Å². The minimum atomic E-state index is -0.123. The number of likely N-dealkylation sites (N-methyl/N-ethyl adjacent to an activating group) is 2. The molecule has 2 unspecified atom stereocenters. The van der Waals surface area contributed by atoms with Gasteiger partial charge in [0.2, 0.25) is 0 Å². The Labute approximate surface area is 107 Å². The molecule has 1 fully saturated rings. The summed E-state index contributed by atoms with van der Waals surface area (Å²) in [6, 6.07) is 0.519.